The fraction of sp³-hybridized carbons (Fsp3) is 0.412. The Hall–Kier alpha value is -3.65. The van der Waals surface area contributed by atoms with E-state index in [1.165, 1.54) is 4.90 Å². The van der Waals surface area contributed by atoms with Gasteiger partial charge in [0.2, 0.25) is 11.8 Å². The van der Waals surface area contributed by atoms with Gasteiger partial charge in [-0.1, -0.05) is 80.8 Å². The molecule has 1 saturated carbocycles. The molecule has 0 aromatic heterocycles. The van der Waals surface area contributed by atoms with Crippen molar-refractivity contribution < 1.29 is 18.0 Å². The molecule has 0 radical (unpaired) electrons. The maximum absolute atomic E-state index is 14.2. The molecule has 224 valence electrons. The van der Waals surface area contributed by atoms with Crippen LogP contribution in [0.3, 0.4) is 0 Å². The summed E-state index contributed by atoms with van der Waals surface area (Å²) in [6.45, 7) is 9.47. The molecule has 1 N–H and O–H groups in total. The summed E-state index contributed by atoms with van der Waals surface area (Å²) < 4.78 is 29.2. The van der Waals surface area contributed by atoms with Crippen molar-refractivity contribution in [1.82, 2.24) is 10.2 Å². The predicted molar refractivity (Wildman–Crippen MR) is 168 cm³/mol. The summed E-state index contributed by atoms with van der Waals surface area (Å²) in [5.74, 6) is -0.402. The molecular formula is C34H43N3O4S. The summed E-state index contributed by atoms with van der Waals surface area (Å²) >= 11 is 0. The largest absolute Gasteiger partial charge is 0.352 e. The summed E-state index contributed by atoms with van der Waals surface area (Å²) in [6.07, 6.45) is 4.01. The Bertz CT molecular complexity index is 1480. The van der Waals surface area contributed by atoms with Gasteiger partial charge in [0.15, 0.2) is 0 Å². The molecule has 0 saturated heterocycles. The van der Waals surface area contributed by atoms with Crippen molar-refractivity contribution in [2.75, 3.05) is 10.8 Å². The van der Waals surface area contributed by atoms with E-state index >= 15 is 0 Å². The summed E-state index contributed by atoms with van der Waals surface area (Å²) in [5, 5.41) is 3.11. The van der Waals surface area contributed by atoms with Gasteiger partial charge in [-0.3, -0.25) is 13.9 Å². The van der Waals surface area contributed by atoms with Gasteiger partial charge in [0, 0.05) is 12.6 Å². The molecule has 0 aliphatic heterocycles. The van der Waals surface area contributed by atoms with Gasteiger partial charge < -0.3 is 10.2 Å². The molecule has 4 rings (SSSR count). The van der Waals surface area contributed by atoms with Crippen LogP contribution in [-0.2, 0) is 26.2 Å². The van der Waals surface area contributed by atoms with Gasteiger partial charge in [0.1, 0.15) is 12.6 Å². The SMILES string of the molecule is Cc1ccc(S(=O)(=O)N(CC(=O)N(Cc2ccccc2C)[C@@H](C)C(=O)NC2CCCC2)c2ccc(C(C)C)cc2)cc1. The number of rotatable bonds is 11. The lowest BCUT2D eigenvalue weighted by Gasteiger charge is -2.33. The Morgan fingerprint density at radius 2 is 1.50 bits per heavy atom. The second-order valence-corrected chi connectivity index (χ2v) is 13.5. The minimum atomic E-state index is -4.09. The fourth-order valence-electron chi connectivity index (χ4n) is 5.34. The number of hydrogen-bond acceptors (Lipinski definition) is 4. The van der Waals surface area contributed by atoms with Gasteiger partial charge in [-0.05, 0) is 80.5 Å². The third-order valence-electron chi connectivity index (χ3n) is 8.21. The van der Waals surface area contributed by atoms with E-state index in [9.17, 15) is 18.0 Å². The van der Waals surface area contributed by atoms with E-state index in [4.69, 9.17) is 0 Å². The zero-order valence-corrected chi connectivity index (χ0v) is 26.2. The first-order valence-corrected chi connectivity index (χ1v) is 16.2. The molecule has 8 heteroatoms. The molecule has 0 bridgehead atoms. The molecule has 0 spiro atoms. The normalized spacial score (nSPS) is 14.5. The lowest BCUT2D eigenvalue weighted by atomic mass is 10.0. The van der Waals surface area contributed by atoms with Crippen LogP contribution in [0, 0.1) is 13.8 Å². The third kappa shape index (κ3) is 7.40. The zero-order chi connectivity index (χ0) is 30.4. The van der Waals surface area contributed by atoms with Crippen LogP contribution in [0.1, 0.15) is 74.6 Å². The lowest BCUT2D eigenvalue weighted by molar-refractivity contribution is -0.139. The molecular weight excluding hydrogens is 546 g/mol. The Balaban J connectivity index is 1.70. The number of carbonyl (C=O) groups is 2. The average molecular weight is 590 g/mol. The van der Waals surface area contributed by atoms with Crippen molar-refractivity contribution in [3.8, 4) is 0 Å². The Morgan fingerprint density at radius 3 is 2.10 bits per heavy atom. The lowest BCUT2D eigenvalue weighted by Crippen LogP contribution is -2.52. The molecule has 3 aromatic carbocycles. The molecule has 1 fully saturated rings. The molecule has 42 heavy (non-hydrogen) atoms. The van der Waals surface area contributed by atoms with Crippen LogP contribution >= 0.6 is 0 Å². The Kier molecular flexibility index (Phi) is 10.1. The van der Waals surface area contributed by atoms with E-state index in [0.717, 1.165) is 52.2 Å². The molecule has 1 atom stereocenters. The molecule has 1 aliphatic carbocycles. The summed E-state index contributed by atoms with van der Waals surface area (Å²) in [7, 11) is -4.09. The first-order valence-electron chi connectivity index (χ1n) is 14.8. The van der Waals surface area contributed by atoms with E-state index in [-0.39, 0.29) is 29.3 Å². The summed E-state index contributed by atoms with van der Waals surface area (Å²) in [5.41, 5.74) is 4.29. The first kappa shape index (κ1) is 31.3. The molecule has 2 amide bonds. The van der Waals surface area contributed by atoms with Crippen molar-refractivity contribution in [1.29, 1.82) is 0 Å². The molecule has 7 nitrogen and oxygen atoms in total. The molecule has 3 aromatic rings. The Labute approximate surface area is 251 Å². The molecule has 0 heterocycles. The number of anilines is 1. The minimum absolute atomic E-state index is 0.103. The van der Waals surface area contributed by atoms with Crippen molar-refractivity contribution >= 4 is 27.5 Å². The number of nitrogens with one attached hydrogen (secondary N) is 1. The van der Waals surface area contributed by atoms with Gasteiger partial charge >= 0.3 is 0 Å². The standard InChI is InChI=1S/C34H43N3O4S/c1-24(2)28-16-18-31(19-17-28)37(42(40,41)32-20-14-25(3)15-21-32)23-33(38)36(22-29-11-7-6-10-26(29)4)27(5)34(39)35-30-12-8-9-13-30/h6-7,10-11,14-21,24,27,30H,8-9,12-13,22-23H2,1-5H3,(H,35,39)/t27-/m0/s1. The number of nitrogens with zero attached hydrogens (tertiary/aromatic N) is 2. The third-order valence-corrected chi connectivity index (χ3v) is 9.99. The predicted octanol–water partition coefficient (Wildman–Crippen LogP) is 6.10. The fourth-order valence-corrected chi connectivity index (χ4v) is 6.75. The van der Waals surface area contributed by atoms with Gasteiger partial charge in [-0.15, -0.1) is 0 Å². The van der Waals surface area contributed by atoms with Crippen LogP contribution in [0.4, 0.5) is 5.69 Å². The van der Waals surface area contributed by atoms with E-state index in [0.29, 0.717) is 5.69 Å². The highest BCUT2D eigenvalue weighted by atomic mass is 32.2. The smallest absolute Gasteiger partial charge is 0.264 e. The maximum atomic E-state index is 14.2. The average Bonchev–Trinajstić information content (AvgIpc) is 3.48. The van der Waals surface area contributed by atoms with Crippen molar-refractivity contribution in [3.05, 3.63) is 95.1 Å². The monoisotopic (exact) mass is 589 g/mol. The van der Waals surface area contributed by atoms with Gasteiger partial charge in [0.25, 0.3) is 10.0 Å². The van der Waals surface area contributed by atoms with Gasteiger partial charge in [-0.2, -0.15) is 0 Å². The maximum Gasteiger partial charge on any atom is 0.264 e. The number of amides is 2. The van der Waals surface area contributed by atoms with Crippen LogP contribution in [0.25, 0.3) is 0 Å². The number of hydrogen-bond donors (Lipinski definition) is 1. The van der Waals surface area contributed by atoms with E-state index in [2.05, 4.69) is 19.2 Å². The first-order chi connectivity index (χ1) is 20.0. The topological polar surface area (TPSA) is 86.8 Å². The van der Waals surface area contributed by atoms with E-state index in [1.807, 2.05) is 50.2 Å². The van der Waals surface area contributed by atoms with Crippen LogP contribution < -0.4 is 9.62 Å². The van der Waals surface area contributed by atoms with E-state index in [1.54, 1.807) is 43.3 Å². The van der Waals surface area contributed by atoms with E-state index < -0.39 is 28.5 Å². The van der Waals surface area contributed by atoms with Crippen LogP contribution in [0.2, 0.25) is 0 Å². The second kappa shape index (κ2) is 13.6. The highest BCUT2D eigenvalue weighted by molar-refractivity contribution is 7.92. The van der Waals surface area contributed by atoms with Gasteiger partial charge in [-0.25, -0.2) is 8.42 Å². The van der Waals surface area contributed by atoms with Crippen LogP contribution in [0.15, 0.2) is 77.7 Å². The van der Waals surface area contributed by atoms with Crippen molar-refractivity contribution in [2.24, 2.45) is 0 Å². The zero-order valence-electron chi connectivity index (χ0n) is 25.3. The second-order valence-electron chi connectivity index (χ2n) is 11.7. The highest BCUT2D eigenvalue weighted by Gasteiger charge is 2.33. The summed E-state index contributed by atoms with van der Waals surface area (Å²) in [6, 6.07) is 20.9. The van der Waals surface area contributed by atoms with Crippen LogP contribution in [0.5, 0.6) is 0 Å². The molecule has 0 unspecified atom stereocenters. The van der Waals surface area contributed by atoms with Gasteiger partial charge in [0.05, 0.1) is 10.6 Å². The van der Waals surface area contributed by atoms with Crippen molar-refractivity contribution in [2.45, 2.75) is 89.7 Å². The van der Waals surface area contributed by atoms with Crippen LogP contribution in [-0.4, -0.2) is 43.8 Å². The number of carbonyl (C=O) groups excluding carboxylic acids is 2. The highest BCUT2D eigenvalue weighted by Crippen LogP contribution is 2.27. The minimum Gasteiger partial charge on any atom is -0.352 e. The quantitative estimate of drug-likeness (QED) is 0.293. The summed E-state index contributed by atoms with van der Waals surface area (Å²) in [4.78, 5) is 29.2. The number of sulfonamides is 1. The molecule has 1 aliphatic rings. The van der Waals surface area contributed by atoms with Crippen molar-refractivity contribution in [3.63, 3.8) is 0 Å². The number of benzene rings is 3. The number of aryl methyl sites for hydroxylation is 2. The Morgan fingerprint density at radius 1 is 0.881 bits per heavy atom.